The second kappa shape index (κ2) is 10.1. The van der Waals surface area contributed by atoms with Gasteiger partial charge in [0.25, 0.3) is 5.78 Å². The van der Waals surface area contributed by atoms with Crippen molar-refractivity contribution in [1.82, 2.24) is 4.98 Å². The molecule has 36 heavy (non-hydrogen) atoms. The van der Waals surface area contributed by atoms with Gasteiger partial charge in [0, 0.05) is 10.6 Å². The van der Waals surface area contributed by atoms with Crippen LogP contribution in [0.3, 0.4) is 0 Å². The molecule has 1 aliphatic rings. The smallest absolute Gasteiger partial charge is 0.350 e. The number of carbonyl (C=O) groups is 3. The fourth-order valence-corrected chi connectivity index (χ4v) is 5.15. The summed E-state index contributed by atoms with van der Waals surface area (Å²) in [5.74, 6) is -2.04. The van der Waals surface area contributed by atoms with E-state index >= 15 is 0 Å². The number of aromatic nitrogens is 1. The second-order valence-electron chi connectivity index (χ2n) is 8.03. The number of thiazole rings is 1. The predicted octanol–water partition coefficient (Wildman–Crippen LogP) is 5.22. The monoisotopic (exact) mass is 526 g/mol. The molecule has 1 atom stereocenters. The Morgan fingerprint density at radius 3 is 2.47 bits per heavy atom. The van der Waals surface area contributed by atoms with E-state index in [1.165, 1.54) is 12.0 Å². The summed E-state index contributed by atoms with van der Waals surface area (Å²) in [7, 11) is 1.53. The van der Waals surface area contributed by atoms with Crippen molar-refractivity contribution >= 4 is 51.5 Å². The van der Waals surface area contributed by atoms with Crippen LogP contribution in [0.15, 0.2) is 48.0 Å². The van der Waals surface area contributed by atoms with Crippen LogP contribution in [-0.4, -0.2) is 41.5 Å². The molecule has 2 aromatic carbocycles. The van der Waals surface area contributed by atoms with E-state index in [-0.39, 0.29) is 27.9 Å². The molecule has 0 radical (unpaired) electrons. The van der Waals surface area contributed by atoms with Crippen LogP contribution in [0.4, 0.5) is 5.13 Å². The highest BCUT2D eigenvalue weighted by molar-refractivity contribution is 7.17. The van der Waals surface area contributed by atoms with Crippen LogP contribution < -0.4 is 9.64 Å². The van der Waals surface area contributed by atoms with E-state index < -0.39 is 23.7 Å². The summed E-state index contributed by atoms with van der Waals surface area (Å²) in [5, 5.41) is 12.0. The van der Waals surface area contributed by atoms with Crippen molar-refractivity contribution in [2.24, 2.45) is 0 Å². The molecule has 10 heteroatoms. The minimum atomic E-state index is -0.996. The molecule has 0 bridgehead atoms. The van der Waals surface area contributed by atoms with Gasteiger partial charge in [0.15, 0.2) is 5.13 Å². The fraction of sp³-hybridized carbons (Fsp3) is 0.231. The van der Waals surface area contributed by atoms with Gasteiger partial charge in [-0.2, -0.15) is 0 Å². The first-order valence-electron chi connectivity index (χ1n) is 11.0. The van der Waals surface area contributed by atoms with Crippen LogP contribution in [-0.2, 0) is 14.3 Å². The van der Waals surface area contributed by atoms with Gasteiger partial charge in [-0.05, 0) is 62.2 Å². The molecular weight excluding hydrogens is 504 g/mol. The molecule has 1 fully saturated rings. The van der Waals surface area contributed by atoms with Crippen molar-refractivity contribution in [3.05, 3.63) is 80.3 Å². The van der Waals surface area contributed by atoms with Crippen LogP contribution in [0, 0.1) is 13.8 Å². The number of methoxy groups -OCH3 is 1. The zero-order valence-electron chi connectivity index (χ0n) is 20.0. The SMILES string of the molecule is CCOC(=O)c1sc(N2C(=O)C(=O)C(=C(O)c3ccc(OC)cc3C)[C@@H]2c2ccc(Cl)cc2)nc1C. The molecule has 0 spiro atoms. The highest BCUT2D eigenvalue weighted by atomic mass is 35.5. The average Bonchev–Trinajstić information content (AvgIpc) is 3.36. The zero-order valence-corrected chi connectivity index (χ0v) is 21.6. The van der Waals surface area contributed by atoms with E-state index in [4.69, 9.17) is 21.1 Å². The summed E-state index contributed by atoms with van der Waals surface area (Å²) < 4.78 is 10.3. The number of aliphatic hydroxyl groups excluding tert-OH is 1. The third-order valence-corrected chi connectivity index (χ3v) is 7.16. The third-order valence-electron chi connectivity index (χ3n) is 5.77. The molecule has 1 aliphatic heterocycles. The number of halogens is 1. The third kappa shape index (κ3) is 4.47. The van der Waals surface area contributed by atoms with E-state index in [0.29, 0.717) is 33.2 Å². The summed E-state index contributed by atoms with van der Waals surface area (Å²) >= 11 is 7.03. The Kier molecular flexibility index (Phi) is 7.14. The number of hydrogen-bond acceptors (Lipinski definition) is 8. The van der Waals surface area contributed by atoms with Crippen molar-refractivity contribution in [1.29, 1.82) is 0 Å². The van der Waals surface area contributed by atoms with Gasteiger partial charge in [0.05, 0.1) is 31.0 Å². The lowest BCUT2D eigenvalue weighted by Crippen LogP contribution is -2.29. The molecule has 1 saturated heterocycles. The number of esters is 1. The highest BCUT2D eigenvalue weighted by Gasteiger charge is 2.48. The lowest BCUT2D eigenvalue weighted by atomic mass is 9.94. The van der Waals surface area contributed by atoms with Crippen molar-refractivity contribution in [2.45, 2.75) is 26.8 Å². The molecule has 2 heterocycles. The number of ether oxygens (including phenoxy) is 2. The number of anilines is 1. The van der Waals surface area contributed by atoms with Gasteiger partial charge < -0.3 is 14.6 Å². The van der Waals surface area contributed by atoms with E-state index in [1.54, 1.807) is 63.2 Å². The van der Waals surface area contributed by atoms with Crippen molar-refractivity contribution in [3.8, 4) is 5.75 Å². The number of aryl methyl sites for hydroxylation is 2. The number of carbonyl (C=O) groups excluding carboxylic acids is 3. The van der Waals surface area contributed by atoms with Gasteiger partial charge in [-0.3, -0.25) is 14.5 Å². The molecule has 186 valence electrons. The van der Waals surface area contributed by atoms with Gasteiger partial charge in [-0.15, -0.1) is 0 Å². The van der Waals surface area contributed by atoms with Gasteiger partial charge in [-0.1, -0.05) is 35.1 Å². The first-order valence-corrected chi connectivity index (χ1v) is 12.2. The Balaban J connectivity index is 1.92. The van der Waals surface area contributed by atoms with E-state index in [1.807, 2.05) is 0 Å². The maximum atomic E-state index is 13.3. The average molecular weight is 527 g/mol. The summed E-state index contributed by atoms with van der Waals surface area (Å²) in [6.07, 6.45) is 0. The summed E-state index contributed by atoms with van der Waals surface area (Å²) in [4.78, 5) is 44.9. The number of benzene rings is 2. The topological polar surface area (TPSA) is 106 Å². The maximum Gasteiger partial charge on any atom is 0.350 e. The van der Waals surface area contributed by atoms with Crippen molar-refractivity contribution < 1.29 is 29.0 Å². The fourth-order valence-electron chi connectivity index (χ4n) is 4.04. The molecule has 0 aliphatic carbocycles. The minimum Gasteiger partial charge on any atom is -0.507 e. The molecule has 8 nitrogen and oxygen atoms in total. The number of aliphatic hydroxyl groups is 1. The molecule has 4 rings (SSSR count). The second-order valence-corrected chi connectivity index (χ2v) is 9.45. The van der Waals surface area contributed by atoms with Gasteiger partial charge in [0.2, 0.25) is 0 Å². The van der Waals surface area contributed by atoms with E-state index in [9.17, 15) is 19.5 Å². The van der Waals surface area contributed by atoms with Crippen LogP contribution in [0.25, 0.3) is 5.76 Å². The van der Waals surface area contributed by atoms with Crippen LogP contribution in [0.5, 0.6) is 5.75 Å². The predicted molar refractivity (Wildman–Crippen MR) is 137 cm³/mol. The standard InChI is InChI=1S/C26H23ClN2O6S/c1-5-35-25(33)23-14(3)28-26(36-23)29-20(15-6-8-16(27)9-7-15)19(22(31)24(29)32)21(30)18-11-10-17(34-4)12-13(18)2/h6-12,20,30H,5H2,1-4H3/t20-/m0/s1. The Morgan fingerprint density at radius 1 is 1.17 bits per heavy atom. The molecule has 0 saturated carbocycles. The molecule has 3 aromatic rings. The van der Waals surface area contributed by atoms with E-state index in [0.717, 1.165) is 11.3 Å². The van der Waals surface area contributed by atoms with Gasteiger partial charge in [0.1, 0.15) is 16.4 Å². The summed E-state index contributed by atoms with van der Waals surface area (Å²) in [6.45, 7) is 5.26. The highest BCUT2D eigenvalue weighted by Crippen LogP contribution is 2.44. The lowest BCUT2D eigenvalue weighted by Gasteiger charge is -2.23. The number of nitrogens with zero attached hydrogens (tertiary/aromatic N) is 2. The zero-order chi connectivity index (χ0) is 26.1. The number of hydrogen-bond donors (Lipinski definition) is 1. The number of rotatable bonds is 6. The van der Waals surface area contributed by atoms with Crippen LogP contribution >= 0.6 is 22.9 Å². The molecule has 1 aromatic heterocycles. The Hall–Kier alpha value is -3.69. The summed E-state index contributed by atoms with van der Waals surface area (Å²) in [6, 6.07) is 10.6. The minimum absolute atomic E-state index is 0.0962. The normalized spacial score (nSPS) is 16.9. The lowest BCUT2D eigenvalue weighted by molar-refractivity contribution is -0.132. The van der Waals surface area contributed by atoms with Gasteiger partial charge >= 0.3 is 11.9 Å². The summed E-state index contributed by atoms with van der Waals surface area (Å²) in [5.41, 5.74) is 1.85. The van der Waals surface area contributed by atoms with Crippen molar-refractivity contribution in [2.75, 3.05) is 18.6 Å². The van der Waals surface area contributed by atoms with Crippen LogP contribution in [0.1, 0.15) is 45.0 Å². The van der Waals surface area contributed by atoms with Crippen molar-refractivity contribution in [3.63, 3.8) is 0 Å². The first-order chi connectivity index (χ1) is 17.2. The Labute approximate surface area is 216 Å². The quantitative estimate of drug-likeness (QED) is 0.203. The Morgan fingerprint density at radius 2 is 1.86 bits per heavy atom. The maximum absolute atomic E-state index is 13.3. The largest absolute Gasteiger partial charge is 0.507 e. The number of Topliss-reactive ketones (excluding diaryl/α,β-unsaturated/α-hetero) is 1. The molecular formula is C26H23ClN2O6S. The number of ketones is 1. The van der Waals surface area contributed by atoms with Crippen LogP contribution in [0.2, 0.25) is 5.02 Å². The van der Waals surface area contributed by atoms with E-state index in [2.05, 4.69) is 4.98 Å². The first kappa shape index (κ1) is 25.4. The molecule has 0 unspecified atom stereocenters. The number of amides is 1. The Bertz CT molecular complexity index is 1400. The molecule has 1 N–H and O–H groups in total. The molecule has 1 amide bonds. The van der Waals surface area contributed by atoms with Gasteiger partial charge in [-0.25, -0.2) is 9.78 Å².